The van der Waals surface area contributed by atoms with E-state index in [9.17, 15) is 4.79 Å². The zero-order chi connectivity index (χ0) is 12.3. The predicted octanol–water partition coefficient (Wildman–Crippen LogP) is 1.59. The van der Waals surface area contributed by atoms with Gasteiger partial charge in [0.1, 0.15) is 5.69 Å². The molecule has 0 saturated carbocycles. The molecule has 17 heavy (non-hydrogen) atoms. The Balaban J connectivity index is 1.97. The number of halogens is 1. The minimum absolute atomic E-state index is 0.348. The van der Waals surface area contributed by atoms with Gasteiger partial charge in [0.25, 0.3) is 5.91 Å². The van der Waals surface area contributed by atoms with Crippen LogP contribution in [0.25, 0.3) is 0 Å². The van der Waals surface area contributed by atoms with E-state index < -0.39 is 0 Å². The van der Waals surface area contributed by atoms with Gasteiger partial charge in [-0.1, -0.05) is 11.6 Å². The lowest BCUT2D eigenvalue weighted by Gasteiger charge is -1.94. The van der Waals surface area contributed by atoms with Crippen LogP contribution in [-0.4, -0.2) is 27.3 Å². The Morgan fingerprint density at radius 2 is 2.53 bits per heavy atom. The smallest absolute Gasteiger partial charge is 0.275 e. The lowest BCUT2D eigenvalue weighted by atomic mass is 10.5. The van der Waals surface area contributed by atoms with E-state index in [0.29, 0.717) is 16.4 Å². The third-order valence-electron chi connectivity index (χ3n) is 1.83. The first kappa shape index (κ1) is 11.7. The molecule has 2 rings (SSSR count). The first-order valence-corrected chi connectivity index (χ1v) is 5.87. The van der Waals surface area contributed by atoms with Crippen molar-refractivity contribution in [3.63, 3.8) is 0 Å². The molecule has 0 aromatic carbocycles. The summed E-state index contributed by atoms with van der Waals surface area (Å²) in [7, 11) is 0. The quantitative estimate of drug-likeness (QED) is 0.656. The van der Waals surface area contributed by atoms with Gasteiger partial charge in [0, 0.05) is 5.38 Å². The number of nitrogens with one attached hydrogen (secondary N) is 2. The predicted molar refractivity (Wildman–Crippen MR) is 65.5 cm³/mol. The van der Waals surface area contributed by atoms with Crippen molar-refractivity contribution in [2.45, 2.75) is 6.92 Å². The van der Waals surface area contributed by atoms with Crippen molar-refractivity contribution < 1.29 is 4.79 Å². The molecule has 2 aromatic rings. The highest BCUT2D eigenvalue weighted by atomic mass is 35.5. The number of carbonyl (C=O) groups is 1. The second-order valence-corrected chi connectivity index (χ2v) is 4.55. The monoisotopic (exact) mass is 269 g/mol. The molecule has 0 atom stereocenters. The Morgan fingerprint density at radius 1 is 1.71 bits per heavy atom. The number of thiazole rings is 1. The maximum absolute atomic E-state index is 11.5. The van der Waals surface area contributed by atoms with Crippen LogP contribution in [0.4, 0.5) is 0 Å². The number of aromatic amines is 1. The van der Waals surface area contributed by atoms with Crippen molar-refractivity contribution in [1.29, 1.82) is 0 Å². The minimum Gasteiger partial charge on any atom is -0.275 e. The molecule has 0 fully saturated rings. The van der Waals surface area contributed by atoms with E-state index in [0.717, 1.165) is 5.01 Å². The highest BCUT2D eigenvalue weighted by molar-refractivity contribution is 7.09. The van der Waals surface area contributed by atoms with Crippen LogP contribution in [0.3, 0.4) is 0 Å². The SMILES string of the molecule is Cc1nc(C(=O)N/N=C/c2[nH]ncc2Cl)cs1. The van der Waals surface area contributed by atoms with Crippen LogP contribution in [0.5, 0.6) is 0 Å². The topological polar surface area (TPSA) is 83.0 Å². The number of rotatable bonds is 3. The van der Waals surface area contributed by atoms with E-state index in [4.69, 9.17) is 11.6 Å². The Kier molecular flexibility index (Phi) is 3.50. The molecular weight excluding hydrogens is 262 g/mol. The molecule has 2 N–H and O–H groups in total. The van der Waals surface area contributed by atoms with Gasteiger partial charge in [0.05, 0.1) is 28.1 Å². The van der Waals surface area contributed by atoms with E-state index in [1.807, 2.05) is 6.92 Å². The van der Waals surface area contributed by atoms with Crippen LogP contribution in [0.15, 0.2) is 16.7 Å². The zero-order valence-electron chi connectivity index (χ0n) is 8.77. The molecule has 0 saturated heterocycles. The lowest BCUT2D eigenvalue weighted by molar-refractivity contribution is 0.0950. The highest BCUT2D eigenvalue weighted by Gasteiger charge is 2.07. The number of aromatic nitrogens is 3. The first-order valence-electron chi connectivity index (χ1n) is 4.61. The summed E-state index contributed by atoms with van der Waals surface area (Å²) < 4.78 is 0. The number of carbonyl (C=O) groups excluding carboxylic acids is 1. The van der Waals surface area contributed by atoms with Gasteiger partial charge in [-0.25, -0.2) is 10.4 Å². The Bertz CT molecular complexity index is 561. The largest absolute Gasteiger partial charge is 0.290 e. The summed E-state index contributed by atoms with van der Waals surface area (Å²) in [5.74, 6) is -0.360. The van der Waals surface area contributed by atoms with Crippen LogP contribution in [0, 0.1) is 6.92 Å². The Labute approximate surface area is 106 Å². The average molecular weight is 270 g/mol. The maximum Gasteiger partial charge on any atom is 0.290 e. The van der Waals surface area contributed by atoms with Gasteiger partial charge in [-0.2, -0.15) is 10.2 Å². The van der Waals surface area contributed by atoms with Crippen LogP contribution in [0.1, 0.15) is 21.2 Å². The summed E-state index contributed by atoms with van der Waals surface area (Å²) >= 11 is 7.17. The van der Waals surface area contributed by atoms with E-state index >= 15 is 0 Å². The standard InChI is InChI=1S/C9H8ClN5OS/c1-5-13-8(4-17-5)9(16)15-12-3-7-6(10)2-11-14-7/h2-4H,1H3,(H,11,14)(H,15,16)/b12-3+. The van der Waals surface area contributed by atoms with E-state index in [1.54, 1.807) is 5.38 Å². The van der Waals surface area contributed by atoms with E-state index in [-0.39, 0.29) is 5.91 Å². The van der Waals surface area contributed by atoms with Gasteiger partial charge in [0.15, 0.2) is 0 Å². The molecule has 0 radical (unpaired) electrons. The van der Waals surface area contributed by atoms with Crippen molar-refractivity contribution in [2.75, 3.05) is 0 Å². The van der Waals surface area contributed by atoms with Crippen LogP contribution in [-0.2, 0) is 0 Å². The molecule has 88 valence electrons. The fourth-order valence-electron chi connectivity index (χ4n) is 1.05. The number of aryl methyl sites for hydroxylation is 1. The average Bonchev–Trinajstić information content (AvgIpc) is 2.88. The van der Waals surface area contributed by atoms with Crippen molar-refractivity contribution in [3.05, 3.63) is 33.0 Å². The van der Waals surface area contributed by atoms with Gasteiger partial charge in [0.2, 0.25) is 0 Å². The molecule has 0 bridgehead atoms. The molecule has 0 aliphatic carbocycles. The summed E-state index contributed by atoms with van der Waals surface area (Å²) in [6, 6.07) is 0. The third-order valence-corrected chi connectivity index (χ3v) is 2.91. The maximum atomic E-state index is 11.5. The van der Waals surface area contributed by atoms with Crippen molar-refractivity contribution in [3.8, 4) is 0 Å². The molecular formula is C9H8ClN5OS. The van der Waals surface area contributed by atoms with Gasteiger partial charge in [-0.3, -0.25) is 9.89 Å². The molecule has 6 nitrogen and oxygen atoms in total. The Morgan fingerprint density at radius 3 is 3.12 bits per heavy atom. The molecule has 0 aliphatic heterocycles. The number of hydrazone groups is 1. The Hall–Kier alpha value is -1.73. The van der Waals surface area contributed by atoms with Crippen LogP contribution in [0.2, 0.25) is 5.02 Å². The van der Waals surface area contributed by atoms with Gasteiger partial charge < -0.3 is 0 Å². The van der Waals surface area contributed by atoms with Crippen molar-refractivity contribution >= 4 is 35.1 Å². The van der Waals surface area contributed by atoms with Crippen LogP contribution < -0.4 is 5.43 Å². The summed E-state index contributed by atoms with van der Waals surface area (Å²) in [5.41, 5.74) is 3.22. The van der Waals surface area contributed by atoms with Crippen LogP contribution >= 0.6 is 22.9 Å². The van der Waals surface area contributed by atoms with Gasteiger partial charge >= 0.3 is 0 Å². The minimum atomic E-state index is -0.360. The molecule has 0 spiro atoms. The third kappa shape index (κ3) is 2.89. The second kappa shape index (κ2) is 5.07. The van der Waals surface area contributed by atoms with Crippen molar-refractivity contribution in [2.24, 2.45) is 5.10 Å². The van der Waals surface area contributed by atoms with E-state index in [1.165, 1.54) is 23.7 Å². The number of H-pyrrole nitrogens is 1. The highest BCUT2D eigenvalue weighted by Crippen LogP contribution is 2.09. The number of nitrogens with zero attached hydrogens (tertiary/aromatic N) is 3. The fraction of sp³-hybridized carbons (Fsp3) is 0.111. The molecule has 2 heterocycles. The molecule has 0 aliphatic rings. The lowest BCUT2D eigenvalue weighted by Crippen LogP contribution is -2.18. The number of amides is 1. The van der Waals surface area contributed by atoms with Crippen molar-refractivity contribution in [1.82, 2.24) is 20.6 Å². The second-order valence-electron chi connectivity index (χ2n) is 3.08. The normalized spacial score (nSPS) is 10.9. The van der Waals surface area contributed by atoms with E-state index in [2.05, 4.69) is 25.7 Å². The molecule has 8 heteroatoms. The first-order chi connectivity index (χ1) is 8.16. The molecule has 1 amide bonds. The number of hydrogen-bond acceptors (Lipinski definition) is 5. The van der Waals surface area contributed by atoms with Gasteiger partial charge in [-0.05, 0) is 6.92 Å². The summed E-state index contributed by atoms with van der Waals surface area (Å²) in [4.78, 5) is 15.6. The molecule has 0 unspecified atom stereocenters. The fourth-order valence-corrected chi connectivity index (χ4v) is 1.79. The summed E-state index contributed by atoms with van der Waals surface area (Å²) in [5, 5.41) is 13.0. The zero-order valence-corrected chi connectivity index (χ0v) is 10.3. The van der Waals surface area contributed by atoms with Gasteiger partial charge in [-0.15, -0.1) is 11.3 Å². The number of hydrogen-bond donors (Lipinski definition) is 2. The molecule has 2 aromatic heterocycles. The summed E-state index contributed by atoms with van der Waals surface area (Å²) in [6.07, 6.45) is 2.83. The summed E-state index contributed by atoms with van der Waals surface area (Å²) in [6.45, 7) is 1.83.